The van der Waals surface area contributed by atoms with Crippen LogP contribution in [0.3, 0.4) is 0 Å². The van der Waals surface area contributed by atoms with Crippen LogP contribution in [0.4, 0.5) is 5.95 Å². The molecule has 0 amide bonds. The van der Waals surface area contributed by atoms with Gasteiger partial charge in [-0.1, -0.05) is 0 Å². The minimum absolute atomic E-state index is 0.194. The maximum atomic E-state index is 11.5. The Bertz CT molecular complexity index is 588. The number of H-pyrrole nitrogens is 1. The lowest BCUT2D eigenvalue weighted by Gasteiger charge is -2.26. The summed E-state index contributed by atoms with van der Waals surface area (Å²) in [6.45, 7) is 1.96. The first kappa shape index (κ1) is 10.2. The van der Waals surface area contributed by atoms with Gasteiger partial charge in [-0.2, -0.15) is 4.98 Å². The van der Waals surface area contributed by atoms with E-state index in [4.69, 9.17) is 0 Å². The van der Waals surface area contributed by atoms with E-state index in [9.17, 15) is 4.79 Å². The van der Waals surface area contributed by atoms with E-state index in [-0.39, 0.29) is 5.56 Å². The molecule has 0 atom stereocenters. The van der Waals surface area contributed by atoms with Crippen molar-refractivity contribution in [1.82, 2.24) is 19.9 Å². The highest BCUT2D eigenvalue weighted by molar-refractivity contribution is 5.73. The number of rotatable bonds is 1. The minimum atomic E-state index is -0.194. The lowest BCUT2D eigenvalue weighted by atomic mass is 10.1. The van der Waals surface area contributed by atoms with Gasteiger partial charge in [-0.15, -0.1) is 0 Å². The third-order valence-electron chi connectivity index (χ3n) is 3.02. The van der Waals surface area contributed by atoms with Gasteiger partial charge in [0.2, 0.25) is 5.95 Å². The fourth-order valence-electron chi connectivity index (χ4n) is 2.10. The lowest BCUT2D eigenvalue weighted by Crippen LogP contribution is -2.31. The summed E-state index contributed by atoms with van der Waals surface area (Å²) in [4.78, 5) is 28.8. The highest BCUT2D eigenvalue weighted by Crippen LogP contribution is 2.16. The first-order valence-electron chi connectivity index (χ1n) is 5.80. The molecule has 1 aliphatic heterocycles. The Labute approximate surface area is 97.7 Å². The molecule has 3 heterocycles. The fraction of sp³-hybridized carbons (Fsp3) is 0.455. The van der Waals surface area contributed by atoms with E-state index < -0.39 is 0 Å². The number of aromatic nitrogens is 4. The Kier molecular flexibility index (Phi) is 2.47. The molecule has 3 rings (SSSR count). The van der Waals surface area contributed by atoms with E-state index in [0.717, 1.165) is 13.1 Å². The summed E-state index contributed by atoms with van der Waals surface area (Å²) in [7, 11) is 0. The number of nitrogens with zero attached hydrogens (tertiary/aromatic N) is 4. The molecule has 1 saturated heterocycles. The van der Waals surface area contributed by atoms with E-state index >= 15 is 0 Å². The third kappa shape index (κ3) is 1.86. The van der Waals surface area contributed by atoms with Crippen molar-refractivity contribution in [3.8, 4) is 0 Å². The second-order valence-corrected chi connectivity index (χ2v) is 4.19. The molecule has 0 aliphatic carbocycles. The van der Waals surface area contributed by atoms with Crippen molar-refractivity contribution in [1.29, 1.82) is 0 Å². The van der Waals surface area contributed by atoms with Gasteiger partial charge in [-0.25, -0.2) is 9.97 Å². The maximum Gasteiger partial charge on any atom is 0.261 e. The van der Waals surface area contributed by atoms with Crippen LogP contribution in [-0.2, 0) is 0 Å². The quantitative estimate of drug-likeness (QED) is 0.782. The van der Waals surface area contributed by atoms with Crippen molar-refractivity contribution < 1.29 is 0 Å². The molecule has 88 valence electrons. The molecule has 6 heteroatoms. The van der Waals surface area contributed by atoms with Gasteiger partial charge < -0.3 is 9.88 Å². The average molecular weight is 231 g/mol. The number of aromatic amines is 1. The zero-order valence-electron chi connectivity index (χ0n) is 9.39. The average Bonchev–Trinajstić information content (AvgIpc) is 2.40. The van der Waals surface area contributed by atoms with Gasteiger partial charge in [0.1, 0.15) is 5.39 Å². The van der Waals surface area contributed by atoms with E-state index in [1.165, 1.54) is 25.6 Å². The Morgan fingerprint density at radius 1 is 1.18 bits per heavy atom. The molecule has 1 fully saturated rings. The maximum absolute atomic E-state index is 11.5. The largest absolute Gasteiger partial charge is 0.341 e. The molecule has 0 bridgehead atoms. The van der Waals surface area contributed by atoms with Crippen LogP contribution in [0.25, 0.3) is 11.0 Å². The van der Waals surface area contributed by atoms with Crippen molar-refractivity contribution in [2.24, 2.45) is 0 Å². The van der Waals surface area contributed by atoms with E-state index in [1.807, 2.05) is 0 Å². The van der Waals surface area contributed by atoms with Gasteiger partial charge >= 0.3 is 0 Å². The lowest BCUT2D eigenvalue weighted by molar-refractivity contribution is 0.569. The molecule has 6 nitrogen and oxygen atoms in total. The Hall–Kier alpha value is -1.98. The smallest absolute Gasteiger partial charge is 0.261 e. The molecule has 1 aliphatic rings. The molecular formula is C11H13N5O. The fourth-order valence-corrected chi connectivity index (χ4v) is 2.10. The normalized spacial score (nSPS) is 16.4. The second-order valence-electron chi connectivity index (χ2n) is 4.19. The molecule has 0 unspecified atom stereocenters. The van der Waals surface area contributed by atoms with Gasteiger partial charge in [0.25, 0.3) is 5.56 Å². The van der Waals surface area contributed by atoms with Crippen LogP contribution in [0.1, 0.15) is 19.3 Å². The molecule has 2 aromatic heterocycles. The molecular weight excluding hydrogens is 218 g/mol. The first-order valence-corrected chi connectivity index (χ1v) is 5.80. The van der Waals surface area contributed by atoms with Crippen molar-refractivity contribution in [2.75, 3.05) is 18.0 Å². The topological polar surface area (TPSA) is 74.8 Å². The van der Waals surface area contributed by atoms with Crippen molar-refractivity contribution in [3.05, 3.63) is 22.9 Å². The highest BCUT2D eigenvalue weighted by Gasteiger charge is 2.14. The Morgan fingerprint density at radius 2 is 2.00 bits per heavy atom. The standard InChI is InChI=1S/C11H13N5O/c17-10-8-6-12-11(15-9(8)13-7-14-10)16-4-2-1-3-5-16/h6-7H,1-5H2,(H,12,13,14,15,17). The number of fused-ring (bicyclic) bond motifs is 1. The summed E-state index contributed by atoms with van der Waals surface area (Å²) < 4.78 is 0. The number of nitrogens with one attached hydrogen (secondary N) is 1. The predicted octanol–water partition coefficient (Wildman–Crippen LogP) is 0.703. The number of piperidine rings is 1. The summed E-state index contributed by atoms with van der Waals surface area (Å²) in [5.41, 5.74) is 0.268. The first-order chi connectivity index (χ1) is 8.34. The minimum Gasteiger partial charge on any atom is -0.341 e. The van der Waals surface area contributed by atoms with Crippen LogP contribution in [0.5, 0.6) is 0 Å². The van der Waals surface area contributed by atoms with Gasteiger partial charge in [-0.05, 0) is 19.3 Å². The van der Waals surface area contributed by atoms with Crippen LogP contribution in [0.15, 0.2) is 17.3 Å². The number of hydrogen-bond acceptors (Lipinski definition) is 5. The van der Waals surface area contributed by atoms with E-state index in [1.54, 1.807) is 6.20 Å². The van der Waals surface area contributed by atoms with Crippen LogP contribution >= 0.6 is 0 Å². The second kappa shape index (κ2) is 4.12. The zero-order chi connectivity index (χ0) is 11.7. The summed E-state index contributed by atoms with van der Waals surface area (Å²) in [6.07, 6.45) is 6.53. The molecule has 0 saturated carbocycles. The van der Waals surface area contributed by atoms with Gasteiger partial charge in [0.15, 0.2) is 5.65 Å². The molecule has 1 N–H and O–H groups in total. The van der Waals surface area contributed by atoms with Crippen LogP contribution in [0.2, 0.25) is 0 Å². The molecule has 0 radical (unpaired) electrons. The zero-order valence-corrected chi connectivity index (χ0v) is 9.39. The third-order valence-corrected chi connectivity index (χ3v) is 3.02. The SMILES string of the molecule is O=c1[nH]cnc2nc(N3CCCCC3)ncc12. The molecule has 17 heavy (non-hydrogen) atoms. The van der Waals surface area contributed by atoms with Crippen molar-refractivity contribution in [2.45, 2.75) is 19.3 Å². The van der Waals surface area contributed by atoms with Gasteiger partial charge in [0.05, 0.1) is 6.33 Å². The van der Waals surface area contributed by atoms with Crippen LogP contribution < -0.4 is 10.5 Å². The molecule has 0 spiro atoms. The number of anilines is 1. The van der Waals surface area contributed by atoms with Crippen LogP contribution in [0, 0.1) is 0 Å². The summed E-state index contributed by atoms with van der Waals surface area (Å²) in [5, 5.41) is 0.438. The highest BCUT2D eigenvalue weighted by atomic mass is 16.1. The summed E-state index contributed by atoms with van der Waals surface area (Å²) in [6, 6.07) is 0. The van der Waals surface area contributed by atoms with Crippen molar-refractivity contribution >= 4 is 17.0 Å². The van der Waals surface area contributed by atoms with Crippen LogP contribution in [-0.4, -0.2) is 33.0 Å². The van der Waals surface area contributed by atoms with Crippen molar-refractivity contribution in [3.63, 3.8) is 0 Å². The molecule has 2 aromatic rings. The predicted molar refractivity (Wildman–Crippen MR) is 64.0 cm³/mol. The summed E-state index contributed by atoms with van der Waals surface area (Å²) >= 11 is 0. The monoisotopic (exact) mass is 231 g/mol. The Balaban J connectivity index is 2.04. The van der Waals surface area contributed by atoms with Gasteiger partial charge in [0, 0.05) is 19.3 Å². The van der Waals surface area contributed by atoms with E-state index in [2.05, 4.69) is 24.8 Å². The van der Waals surface area contributed by atoms with Gasteiger partial charge in [-0.3, -0.25) is 4.79 Å². The molecule has 0 aromatic carbocycles. The Morgan fingerprint density at radius 3 is 2.82 bits per heavy atom. The summed E-state index contributed by atoms with van der Waals surface area (Å²) in [5.74, 6) is 0.676. The van der Waals surface area contributed by atoms with E-state index in [0.29, 0.717) is 17.0 Å². The number of hydrogen-bond donors (Lipinski definition) is 1.